The predicted octanol–water partition coefficient (Wildman–Crippen LogP) is 6.74. The third kappa shape index (κ3) is 5.75. The standard InChI is InChI=1S/C33H46N4O2.ClH/c1-20-6-7-24(21(2)14-20)17-30(39)28-18-36(22(3)38)19-29(28)32-35-34-31(37(32)27-8-9-27)26-15-25(16-26)23-10-12-33(4,5)13-11-23;/h6-7,14,23,25-29H,8-13,15-19H2,1-5H3;1H/t25?,26?,28-,29-;/m0./s1. The minimum atomic E-state index is -0.233. The van der Waals surface area contributed by atoms with Crippen LogP contribution in [0.1, 0.15) is 118 Å². The van der Waals surface area contributed by atoms with E-state index in [2.05, 4.69) is 50.5 Å². The lowest BCUT2D eigenvalue weighted by Gasteiger charge is -2.44. The summed E-state index contributed by atoms with van der Waals surface area (Å²) in [5.41, 5.74) is 3.97. The Kier molecular flexibility index (Phi) is 8.22. The van der Waals surface area contributed by atoms with Crippen molar-refractivity contribution >= 4 is 24.1 Å². The molecule has 4 fully saturated rings. The third-order valence-electron chi connectivity index (χ3n) is 10.6. The molecule has 40 heavy (non-hydrogen) atoms. The topological polar surface area (TPSA) is 68.1 Å². The van der Waals surface area contributed by atoms with Crippen LogP contribution in [0.25, 0.3) is 0 Å². The van der Waals surface area contributed by atoms with Crippen molar-refractivity contribution in [1.82, 2.24) is 19.7 Å². The van der Waals surface area contributed by atoms with E-state index in [1.54, 1.807) is 6.92 Å². The molecule has 0 bridgehead atoms. The summed E-state index contributed by atoms with van der Waals surface area (Å²) in [6.45, 7) is 11.7. The van der Waals surface area contributed by atoms with Gasteiger partial charge < -0.3 is 9.47 Å². The fraction of sp³-hybridized carbons (Fsp3) is 0.697. The second-order valence-corrected chi connectivity index (χ2v) is 14.2. The average Bonchev–Trinajstić information content (AvgIpc) is 3.43. The molecule has 1 saturated heterocycles. The van der Waals surface area contributed by atoms with Crippen LogP contribution in [-0.2, 0) is 16.0 Å². The van der Waals surface area contributed by atoms with Gasteiger partial charge in [0.1, 0.15) is 17.4 Å². The number of rotatable bonds is 7. The largest absolute Gasteiger partial charge is 0.341 e. The van der Waals surface area contributed by atoms with Crippen molar-refractivity contribution < 1.29 is 9.59 Å². The van der Waals surface area contributed by atoms with Gasteiger partial charge in [-0.15, -0.1) is 22.6 Å². The molecule has 1 aromatic heterocycles. The minimum absolute atomic E-state index is 0. The molecule has 0 unspecified atom stereocenters. The highest BCUT2D eigenvalue weighted by atomic mass is 35.5. The molecule has 1 aliphatic heterocycles. The summed E-state index contributed by atoms with van der Waals surface area (Å²) in [6, 6.07) is 6.77. The molecule has 3 saturated carbocycles. The lowest BCUT2D eigenvalue weighted by molar-refractivity contribution is -0.128. The monoisotopic (exact) mass is 566 g/mol. The molecular weight excluding hydrogens is 520 g/mol. The quantitative estimate of drug-likeness (QED) is 0.372. The van der Waals surface area contributed by atoms with Crippen LogP contribution in [0.15, 0.2) is 18.2 Å². The number of halogens is 1. The SMILES string of the molecule is CC(=O)N1C[C@H](C(=O)Cc2ccc(C)cc2C)[C@@H](c2nnc(C3CC(C4CCC(C)(C)CC4)C3)n2C2CC2)C1.Cl. The van der Waals surface area contributed by atoms with Gasteiger partial charge in [-0.2, -0.15) is 0 Å². The Balaban J connectivity index is 0.00000323. The number of hydrogen-bond donors (Lipinski definition) is 0. The van der Waals surface area contributed by atoms with Gasteiger partial charge in [0.25, 0.3) is 0 Å². The van der Waals surface area contributed by atoms with E-state index in [1.807, 2.05) is 4.90 Å². The van der Waals surface area contributed by atoms with Gasteiger partial charge in [0.15, 0.2) is 0 Å². The van der Waals surface area contributed by atoms with Gasteiger partial charge in [0.2, 0.25) is 5.91 Å². The predicted molar refractivity (Wildman–Crippen MR) is 160 cm³/mol. The highest BCUT2D eigenvalue weighted by Crippen LogP contribution is 2.53. The number of nitrogens with zero attached hydrogens (tertiary/aromatic N) is 4. The first-order chi connectivity index (χ1) is 18.6. The molecule has 7 heteroatoms. The number of benzene rings is 1. The van der Waals surface area contributed by atoms with Crippen LogP contribution in [-0.4, -0.2) is 44.4 Å². The Morgan fingerprint density at radius 1 is 0.950 bits per heavy atom. The summed E-state index contributed by atoms with van der Waals surface area (Å²) >= 11 is 0. The summed E-state index contributed by atoms with van der Waals surface area (Å²) in [5, 5.41) is 9.62. The molecule has 2 aromatic rings. The smallest absolute Gasteiger partial charge is 0.219 e. The summed E-state index contributed by atoms with van der Waals surface area (Å²) in [5.74, 6) is 4.24. The summed E-state index contributed by atoms with van der Waals surface area (Å²) in [7, 11) is 0. The van der Waals surface area contributed by atoms with E-state index >= 15 is 0 Å². The number of aromatic nitrogens is 3. The van der Waals surface area contributed by atoms with E-state index in [4.69, 9.17) is 10.2 Å². The number of aryl methyl sites for hydroxylation is 2. The van der Waals surface area contributed by atoms with Crippen LogP contribution in [0.2, 0.25) is 0 Å². The van der Waals surface area contributed by atoms with E-state index in [0.29, 0.717) is 36.9 Å². The van der Waals surface area contributed by atoms with Gasteiger partial charge in [-0.1, -0.05) is 37.6 Å². The number of likely N-dealkylation sites (tertiary alicyclic amines) is 1. The number of amides is 1. The molecule has 6 rings (SSSR count). The Hall–Kier alpha value is -2.21. The number of hydrogen-bond acceptors (Lipinski definition) is 4. The van der Waals surface area contributed by atoms with Crippen molar-refractivity contribution in [3.05, 3.63) is 46.5 Å². The zero-order valence-corrected chi connectivity index (χ0v) is 25.8. The van der Waals surface area contributed by atoms with Gasteiger partial charge in [-0.3, -0.25) is 9.59 Å². The summed E-state index contributed by atoms with van der Waals surface area (Å²) < 4.78 is 2.43. The molecule has 3 aliphatic carbocycles. The Morgan fingerprint density at radius 3 is 2.25 bits per heavy atom. The molecule has 0 N–H and O–H groups in total. The van der Waals surface area contributed by atoms with Crippen molar-refractivity contribution in [2.75, 3.05) is 13.1 Å². The van der Waals surface area contributed by atoms with Gasteiger partial charge >= 0.3 is 0 Å². The number of carbonyl (C=O) groups excluding carboxylic acids is 2. The van der Waals surface area contributed by atoms with E-state index < -0.39 is 0 Å². The number of ketones is 1. The minimum Gasteiger partial charge on any atom is -0.341 e. The molecular formula is C33H47ClN4O2. The normalized spacial score (nSPS) is 28.2. The summed E-state index contributed by atoms with van der Waals surface area (Å²) in [4.78, 5) is 28.1. The fourth-order valence-corrected chi connectivity index (χ4v) is 7.72. The van der Waals surface area contributed by atoms with Crippen LogP contribution in [0, 0.1) is 37.0 Å². The lowest BCUT2D eigenvalue weighted by Crippen LogP contribution is -2.34. The Morgan fingerprint density at radius 2 is 1.62 bits per heavy atom. The first-order valence-corrected chi connectivity index (χ1v) is 15.4. The van der Waals surface area contributed by atoms with Gasteiger partial charge in [-0.25, -0.2) is 0 Å². The maximum atomic E-state index is 13.8. The highest BCUT2D eigenvalue weighted by Gasteiger charge is 2.46. The molecule has 4 aliphatic rings. The van der Waals surface area contributed by atoms with Crippen LogP contribution in [0.5, 0.6) is 0 Å². The molecule has 2 heterocycles. The van der Waals surface area contributed by atoms with E-state index in [-0.39, 0.29) is 35.9 Å². The Labute approximate surface area is 246 Å². The van der Waals surface area contributed by atoms with Gasteiger partial charge in [0, 0.05) is 50.2 Å². The molecule has 6 nitrogen and oxygen atoms in total. The van der Waals surface area contributed by atoms with Gasteiger partial charge in [-0.05, 0) is 93.6 Å². The zero-order chi connectivity index (χ0) is 27.5. The lowest BCUT2D eigenvalue weighted by atomic mass is 9.61. The van der Waals surface area contributed by atoms with Crippen LogP contribution in [0.3, 0.4) is 0 Å². The first-order valence-electron chi connectivity index (χ1n) is 15.4. The van der Waals surface area contributed by atoms with Crippen molar-refractivity contribution in [2.24, 2.45) is 23.2 Å². The average molecular weight is 567 g/mol. The molecule has 1 aromatic carbocycles. The van der Waals surface area contributed by atoms with Crippen LogP contribution >= 0.6 is 12.4 Å². The maximum absolute atomic E-state index is 13.8. The third-order valence-corrected chi connectivity index (χ3v) is 10.6. The van der Waals surface area contributed by atoms with Crippen LogP contribution < -0.4 is 0 Å². The molecule has 0 spiro atoms. The molecule has 2 atom stereocenters. The van der Waals surface area contributed by atoms with E-state index in [9.17, 15) is 9.59 Å². The maximum Gasteiger partial charge on any atom is 0.219 e. The van der Waals surface area contributed by atoms with E-state index in [1.165, 1.54) is 44.1 Å². The Bertz CT molecular complexity index is 1250. The van der Waals surface area contributed by atoms with Crippen LogP contribution in [0.4, 0.5) is 0 Å². The number of carbonyl (C=O) groups is 2. The van der Waals surface area contributed by atoms with Crippen molar-refractivity contribution in [3.63, 3.8) is 0 Å². The highest BCUT2D eigenvalue weighted by molar-refractivity contribution is 5.86. The van der Waals surface area contributed by atoms with Gasteiger partial charge in [0.05, 0.1) is 0 Å². The van der Waals surface area contributed by atoms with Crippen molar-refractivity contribution in [3.8, 4) is 0 Å². The zero-order valence-electron chi connectivity index (χ0n) is 25.0. The molecule has 218 valence electrons. The molecule has 1 amide bonds. The van der Waals surface area contributed by atoms with Crippen molar-refractivity contribution in [2.45, 2.75) is 110 Å². The summed E-state index contributed by atoms with van der Waals surface area (Å²) in [6.07, 6.45) is 10.7. The number of Topliss-reactive ketones (excluding diaryl/α,β-unsaturated/α-hetero) is 1. The van der Waals surface area contributed by atoms with Crippen molar-refractivity contribution in [1.29, 1.82) is 0 Å². The fourth-order valence-electron chi connectivity index (χ4n) is 7.72. The second kappa shape index (κ2) is 11.2. The van der Waals surface area contributed by atoms with E-state index in [0.717, 1.165) is 47.5 Å². The first kappa shape index (κ1) is 29.3. The molecule has 0 radical (unpaired) electrons. The second-order valence-electron chi connectivity index (χ2n) is 14.2.